The molecule has 1 aliphatic rings. The summed E-state index contributed by atoms with van der Waals surface area (Å²) in [5.41, 5.74) is 1.40. The maximum Gasteiger partial charge on any atom is 0.301 e. The summed E-state index contributed by atoms with van der Waals surface area (Å²) in [6.07, 6.45) is 0. The number of para-hydroxylation sites is 1. The summed E-state index contributed by atoms with van der Waals surface area (Å²) in [7, 11) is 0. The van der Waals surface area contributed by atoms with Crippen molar-refractivity contribution in [3.63, 3.8) is 0 Å². The molecule has 158 valence electrons. The number of thiazole rings is 1. The normalized spacial score (nSPS) is 17.9. The van der Waals surface area contributed by atoms with E-state index in [9.17, 15) is 19.1 Å². The average Bonchev–Trinajstić information content (AvgIpc) is 3.33. The Labute approximate surface area is 191 Å². The first-order valence-corrected chi connectivity index (χ1v) is 10.8. The summed E-state index contributed by atoms with van der Waals surface area (Å²) in [6.45, 7) is 0. The van der Waals surface area contributed by atoms with E-state index < -0.39 is 23.5 Å². The van der Waals surface area contributed by atoms with E-state index in [0.29, 0.717) is 26.8 Å². The molecule has 4 aromatic rings. The molecule has 5 nitrogen and oxygen atoms in total. The SMILES string of the molecule is O=C1C(=O)N(c2nc3ccccc3s2)C(c2ccc(F)cc2)/C1=C(/O)c1ccc(Cl)cc1. The fourth-order valence-electron chi connectivity index (χ4n) is 3.72. The number of ketones is 1. The zero-order chi connectivity index (χ0) is 22.4. The standard InChI is InChI=1S/C24H14ClFN2O3S/c25-15-9-5-14(6-10-15)21(29)19-20(13-7-11-16(26)12-8-13)28(23(31)22(19)30)24-27-17-3-1-2-4-18(17)32-24/h1-12,20,29H/b21-19-. The van der Waals surface area contributed by atoms with Crippen LogP contribution in [0.3, 0.4) is 0 Å². The highest BCUT2D eigenvalue weighted by molar-refractivity contribution is 7.22. The molecule has 1 atom stereocenters. The Balaban J connectivity index is 1.73. The lowest BCUT2D eigenvalue weighted by atomic mass is 9.95. The van der Waals surface area contributed by atoms with E-state index in [1.807, 2.05) is 24.3 Å². The maximum atomic E-state index is 13.6. The molecule has 8 heteroatoms. The molecule has 1 saturated heterocycles. The number of Topliss-reactive ketones (excluding diaryl/α,β-unsaturated/α-hetero) is 1. The Kier molecular flexibility index (Phi) is 5.00. The number of anilines is 1. The largest absolute Gasteiger partial charge is 0.507 e. The molecule has 0 radical (unpaired) electrons. The van der Waals surface area contributed by atoms with Crippen LogP contribution >= 0.6 is 22.9 Å². The number of aromatic nitrogens is 1. The lowest BCUT2D eigenvalue weighted by Crippen LogP contribution is -2.29. The van der Waals surface area contributed by atoms with Crippen LogP contribution in [0.4, 0.5) is 9.52 Å². The van der Waals surface area contributed by atoms with E-state index in [4.69, 9.17) is 11.6 Å². The second kappa shape index (κ2) is 7.85. The number of carbonyl (C=O) groups excluding carboxylic acids is 2. The minimum Gasteiger partial charge on any atom is -0.507 e. The van der Waals surface area contributed by atoms with Crippen LogP contribution in [0.25, 0.3) is 16.0 Å². The number of hydrogen-bond donors (Lipinski definition) is 1. The number of aliphatic hydroxyl groups is 1. The van der Waals surface area contributed by atoms with Gasteiger partial charge in [0.1, 0.15) is 11.6 Å². The van der Waals surface area contributed by atoms with Gasteiger partial charge in [-0.05, 0) is 54.1 Å². The molecule has 0 saturated carbocycles. The first-order chi connectivity index (χ1) is 15.4. The van der Waals surface area contributed by atoms with Crippen LogP contribution in [0.1, 0.15) is 17.2 Å². The number of hydrogen-bond acceptors (Lipinski definition) is 5. The molecule has 5 rings (SSSR count). The average molecular weight is 465 g/mol. The van der Waals surface area contributed by atoms with Crippen LogP contribution in [-0.4, -0.2) is 21.8 Å². The molecule has 32 heavy (non-hydrogen) atoms. The Morgan fingerprint density at radius 3 is 2.38 bits per heavy atom. The second-order valence-electron chi connectivity index (χ2n) is 7.19. The van der Waals surface area contributed by atoms with Crippen LogP contribution in [0.2, 0.25) is 5.02 Å². The van der Waals surface area contributed by atoms with Crippen molar-refractivity contribution in [2.24, 2.45) is 0 Å². The first kappa shape index (κ1) is 20.4. The third kappa shape index (κ3) is 3.36. The van der Waals surface area contributed by atoms with Gasteiger partial charge in [0.25, 0.3) is 5.78 Å². The van der Waals surface area contributed by atoms with E-state index in [0.717, 1.165) is 4.70 Å². The third-order valence-electron chi connectivity index (χ3n) is 5.24. The summed E-state index contributed by atoms with van der Waals surface area (Å²) in [5, 5.41) is 11.8. The number of amides is 1. The van der Waals surface area contributed by atoms with Crippen molar-refractivity contribution in [3.05, 3.63) is 100 Å². The molecular formula is C24H14ClFN2O3S. The summed E-state index contributed by atoms with van der Waals surface area (Å²) >= 11 is 7.20. The number of benzene rings is 3. The molecule has 0 spiro atoms. The summed E-state index contributed by atoms with van der Waals surface area (Å²) < 4.78 is 14.5. The maximum absolute atomic E-state index is 13.6. The van der Waals surface area contributed by atoms with E-state index in [1.165, 1.54) is 40.5 Å². The zero-order valence-electron chi connectivity index (χ0n) is 16.3. The summed E-state index contributed by atoms with van der Waals surface area (Å²) in [4.78, 5) is 32.0. The van der Waals surface area contributed by atoms with Gasteiger partial charge in [-0.15, -0.1) is 0 Å². The van der Waals surface area contributed by atoms with Crippen molar-refractivity contribution in [3.8, 4) is 0 Å². The number of fused-ring (bicyclic) bond motifs is 1. The molecule has 1 aliphatic heterocycles. The molecule has 0 aliphatic carbocycles. The number of nitrogens with zero attached hydrogens (tertiary/aromatic N) is 2. The molecular weight excluding hydrogens is 451 g/mol. The monoisotopic (exact) mass is 464 g/mol. The predicted molar refractivity (Wildman–Crippen MR) is 122 cm³/mol. The van der Waals surface area contributed by atoms with Crippen molar-refractivity contribution in [1.82, 2.24) is 4.98 Å². The number of rotatable bonds is 3. The Hall–Kier alpha value is -3.55. The quantitative estimate of drug-likeness (QED) is 0.239. The van der Waals surface area contributed by atoms with Gasteiger partial charge in [-0.2, -0.15) is 0 Å². The topological polar surface area (TPSA) is 70.5 Å². The third-order valence-corrected chi connectivity index (χ3v) is 6.52. The lowest BCUT2D eigenvalue weighted by molar-refractivity contribution is -0.132. The highest BCUT2D eigenvalue weighted by Gasteiger charge is 2.48. The van der Waals surface area contributed by atoms with Gasteiger partial charge in [0, 0.05) is 10.6 Å². The van der Waals surface area contributed by atoms with Gasteiger partial charge in [0.15, 0.2) is 5.13 Å². The van der Waals surface area contributed by atoms with Gasteiger partial charge in [-0.25, -0.2) is 9.37 Å². The Morgan fingerprint density at radius 1 is 1.00 bits per heavy atom. The summed E-state index contributed by atoms with van der Waals surface area (Å²) in [5.74, 6) is -2.44. The van der Waals surface area contributed by atoms with Crippen LogP contribution in [0.5, 0.6) is 0 Å². The minimum absolute atomic E-state index is 0.0943. The molecule has 1 unspecified atom stereocenters. The molecule has 0 bridgehead atoms. The predicted octanol–water partition coefficient (Wildman–Crippen LogP) is 5.72. The highest BCUT2D eigenvalue weighted by atomic mass is 35.5. The van der Waals surface area contributed by atoms with Crippen molar-refractivity contribution >= 4 is 55.7 Å². The first-order valence-electron chi connectivity index (χ1n) is 9.62. The van der Waals surface area contributed by atoms with Gasteiger partial charge in [0.05, 0.1) is 21.8 Å². The smallest absolute Gasteiger partial charge is 0.301 e. The van der Waals surface area contributed by atoms with Crippen LogP contribution in [0.15, 0.2) is 78.4 Å². The lowest BCUT2D eigenvalue weighted by Gasteiger charge is -2.23. The van der Waals surface area contributed by atoms with Crippen LogP contribution < -0.4 is 4.90 Å². The van der Waals surface area contributed by atoms with E-state index >= 15 is 0 Å². The van der Waals surface area contributed by atoms with Crippen molar-refractivity contribution in [1.29, 1.82) is 0 Å². The number of aliphatic hydroxyl groups excluding tert-OH is 1. The van der Waals surface area contributed by atoms with E-state index in [-0.39, 0.29) is 11.3 Å². The molecule has 1 N–H and O–H groups in total. The van der Waals surface area contributed by atoms with Crippen LogP contribution in [0, 0.1) is 5.82 Å². The number of halogens is 2. The molecule has 1 aromatic heterocycles. The Morgan fingerprint density at radius 2 is 1.69 bits per heavy atom. The summed E-state index contributed by atoms with van der Waals surface area (Å²) in [6, 6.07) is 18.1. The van der Waals surface area contributed by atoms with Gasteiger partial charge >= 0.3 is 5.91 Å². The fraction of sp³-hybridized carbons (Fsp3) is 0.0417. The second-order valence-corrected chi connectivity index (χ2v) is 8.64. The van der Waals surface area contributed by atoms with Crippen molar-refractivity contribution < 1.29 is 19.1 Å². The molecule has 2 heterocycles. The minimum atomic E-state index is -0.966. The fourth-order valence-corrected chi connectivity index (χ4v) is 4.83. The van der Waals surface area contributed by atoms with Gasteiger partial charge in [0.2, 0.25) is 0 Å². The van der Waals surface area contributed by atoms with Gasteiger partial charge < -0.3 is 5.11 Å². The Bertz CT molecular complexity index is 1360. The molecule has 1 amide bonds. The van der Waals surface area contributed by atoms with E-state index in [2.05, 4.69) is 4.98 Å². The molecule has 1 fully saturated rings. The van der Waals surface area contributed by atoms with Gasteiger partial charge in [-0.3, -0.25) is 14.5 Å². The van der Waals surface area contributed by atoms with Crippen LogP contribution in [-0.2, 0) is 9.59 Å². The molecule has 3 aromatic carbocycles. The number of carbonyl (C=O) groups is 2. The highest BCUT2D eigenvalue weighted by Crippen LogP contribution is 2.44. The van der Waals surface area contributed by atoms with Gasteiger partial charge in [-0.1, -0.05) is 47.2 Å². The van der Waals surface area contributed by atoms with Crippen molar-refractivity contribution in [2.75, 3.05) is 4.90 Å². The van der Waals surface area contributed by atoms with Crippen molar-refractivity contribution in [2.45, 2.75) is 6.04 Å². The zero-order valence-corrected chi connectivity index (χ0v) is 17.9. The van der Waals surface area contributed by atoms with E-state index in [1.54, 1.807) is 24.3 Å².